The van der Waals surface area contributed by atoms with Crippen LogP contribution in [0.1, 0.15) is 50.2 Å². The number of benzene rings is 1. The molecule has 1 aromatic rings. The van der Waals surface area contributed by atoms with Crippen molar-refractivity contribution in [2.24, 2.45) is 5.92 Å². The first-order chi connectivity index (χ1) is 8.05. The summed E-state index contributed by atoms with van der Waals surface area (Å²) >= 11 is 6.15. The van der Waals surface area contributed by atoms with Crippen molar-refractivity contribution in [2.45, 2.75) is 51.6 Å². The van der Waals surface area contributed by atoms with Crippen LogP contribution in [0.4, 0.5) is 0 Å². The van der Waals surface area contributed by atoms with Crippen molar-refractivity contribution in [1.82, 2.24) is 0 Å². The van der Waals surface area contributed by atoms with Crippen LogP contribution in [-0.2, 0) is 5.60 Å². The van der Waals surface area contributed by atoms with Crippen LogP contribution < -0.4 is 0 Å². The van der Waals surface area contributed by atoms with Crippen molar-refractivity contribution in [3.63, 3.8) is 0 Å². The molecule has 0 radical (unpaired) electrons. The molecule has 1 aliphatic carbocycles. The summed E-state index contributed by atoms with van der Waals surface area (Å²) in [5, 5.41) is 11.6. The Balaban J connectivity index is 2.27. The third-order valence-corrected chi connectivity index (χ3v) is 4.52. The normalized spacial score (nSPS) is 29.3. The number of aliphatic hydroxyl groups is 1. The van der Waals surface area contributed by atoms with Gasteiger partial charge in [0.2, 0.25) is 0 Å². The van der Waals surface area contributed by atoms with E-state index in [0.29, 0.717) is 5.92 Å². The molecule has 0 heterocycles. The summed E-state index contributed by atoms with van der Waals surface area (Å²) in [7, 11) is 0. The third-order valence-electron chi connectivity index (χ3n) is 4.12. The Kier molecular flexibility index (Phi) is 3.79. The maximum atomic E-state index is 10.8. The SMILES string of the molecule is CCC1CCCC(O)(c2ccc(C)c(Cl)c2)C1. The first-order valence-corrected chi connectivity index (χ1v) is 6.92. The monoisotopic (exact) mass is 252 g/mol. The Bertz CT molecular complexity index is 402. The molecule has 2 unspecified atom stereocenters. The fourth-order valence-electron chi connectivity index (χ4n) is 2.86. The summed E-state index contributed by atoms with van der Waals surface area (Å²) in [6, 6.07) is 5.97. The Morgan fingerprint density at radius 3 is 2.88 bits per heavy atom. The van der Waals surface area contributed by atoms with Gasteiger partial charge in [0.25, 0.3) is 0 Å². The lowest BCUT2D eigenvalue weighted by Crippen LogP contribution is -2.32. The average molecular weight is 253 g/mol. The second kappa shape index (κ2) is 4.99. The highest BCUT2D eigenvalue weighted by molar-refractivity contribution is 6.31. The van der Waals surface area contributed by atoms with Gasteiger partial charge >= 0.3 is 0 Å². The Morgan fingerprint density at radius 1 is 1.47 bits per heavy atom. The van der Waals surface area contributed by atoms with Gasteiger partial charge in [-0.3, -0.25) is 0 Å². The number of halogens is 1. The van der Waals surface area contributed by atoms with E-state index in [1.165, 1.54) is 6.42 Å². The molecule has 2 atom stereocenters. The number of rotatable bonds is 2. The van der Waals surface area contributed by atoms with Crippen LogP contribution in [-0.4, -0.2) is 5.11 Å². The lowest BCUT2D eigenvalue weighted by molar-refractivity contribution is -0.0217. The van der Waals surface area contributed by atoms with Crippen molar-refractivity contribution in [1.29, 1.82) is 0 Å². The molecule has 0 saturated heterocycles. The third kappa shape index (κ3) is 2.66. The van der Waals surface area contributed by atoms with Crippen LogP contribution in [0.25, 0.3) is 0 Å². The van der Waals surface area contributed by atoms with Crippen LogP contribution in [0, 0.1) is 12.8 Å². The molecule has 0 aromatic heterocycles. The molecular formula is C15H21ClO. The summed E-state index contributed by atoms with van der Waals surface area (Å²) in [6.07, 6.45) is 5.26. The van der Waals surface area contributed by atoms with Crippen molar-refractivity contribution in [3.8, 4) is 0 Å². The van der Waals surface area contributed by atoms with Crippen LogP contribution in [0.2, 0.25) is 5.02 Å². The molecule has 2 rings (SSSR count). The van der Waals surface area contributed by atoms with E-state index in [1.54, 1.807) is 0 Å². The van der Waals surface area contributed by atoms with Gasteiger partial charge in [-0.05, 0) is 49.3 Å². The molecule has 1 fully saturated rings. The average Bonchev–Trinajstić information content (AvgIpc) is 2.32. The van der Waals surface area contributed by atoms with Gasteiger partial charge < -0.3 is 5.11 Å². The molecule has 1 aliphatic rings. The summed E-state index contributed by atoms with van der Waals surface area (Å²) in [4.78, 5) is 0. The lowest BCUT2D eigenvalue weighted by Gasteiger charge is -2.37. The maximum absolute atomic E-state index is 10.8. The van der Waals surface area contributed by atoms with Gasteiger partial charge in [0.15, 0.2) is 0 Å². The summed E-state index contributed by atoms with van der Waals surface area (Å²) in [5.41, 5.74) is 1.41. The highest BCUT2D eigenvalue weighted by Crippen LogP contribution is 2.41. The molecular weight excluding hydrogens is 232 g/mol. The van der Waals surface area contributed by atoms with Gasteiger partial charge in [-0.2, -0.15) is 0 Å². The van der Waals surface area contributed by atoms with Crippen LogP contribution in [0.15, 0.2) is 18.2 Å². The number of aryl methyl sites for hydroxylation is 1. The molecule has 2 heteroatoms. The predicted molar refractivity (Wildman–Crippen MR) is 72.3 cm³/mol. The second-order valence-electron chi connectivity index (χ2n) is 5.37. The zero-order chi connectivity index (χ0) is 12.5. The van der Waals surface area contributed by atoms with Crippen LogP contribution in [0.3, 0.4) is 0 Å². The van der Waals surface area contributed by atoms with Crippen molar-refractivity contribution >= 4 is 11.6 Å². The minimum atomic E-state index is -0.656. The first-order valence-electron chi connectivity index (χ1n) is 6.54. The van der Waals surface area contributed by atoms with Crippen molar-refractivity contribution < 1.29 is 5.11 Å². The van der Waals surface area contributed by atoms with E-state index in [4.69, 9.17) is 11.6 Å². The Labute approximate surface area is 109 Å². The van der Waals surface area contributed by atoms with Gasteiger partial charge in [0.1, 0.15) is 0 Å². The zero-order valence-electron chi connectivity index (χ0n) is 10.7. The van der Waals surface area contributed by atoms with E-state index in [0.717, 1.165) is 41.8 Å². The Morgan fingerprint density at radius 2 is 2.24 bits per heavy atom. The second-order valence-corrected chi connectivity index (χ2v) is 5.77. The Hall–Kier alpha value is -0.530. The fourth-order valence-corrected chi connectivity index (χ4v) is 3.04. The molecule has 1 nitrogen and oxygen atoms in total. The van der Waals surface area contributed by atoms with E-state index in [2.05, 4.69) is 6.92 Å². The standard InChI is InChI=1S/C15H21ClO/c1-3-12-5-4-8-15(17,10-12)13-7-6-11(2)14(16)9-13/h6-7,9,12,17H,3-5,8,10H2,1-2H3. The van der Waals surface area contributed by atoms with E-state index < -0.39 is 5.60 Å². The summed E-state index contributed by atoms with van der Waals surface area (Å²) in [5.74, 6) is 0.647. The van der Waals surface area contributed by atoms with E-state index in [1.807, 2.05) is 25.1 Å². The molecule has 1 N–H and O–H groups in total. The van der Waals surface area contributed by atoms with Crippen molar-refractivity contribution in [2.75, 3.05) is 0 Å². The summed E-state index contributed by atoms with van der Waals surface area (Å²) < 4.78 is 0. The topological polar surface area (TPSA) is 20.2 Å². The first kappa shape index (κ1) is 12.9. The van der Waals surface area contributed by atoms with Gasteiger partial charge in [-0.25, -0.2) is 0 Å². The largest absolute Gasteiger partial charge is 0.385 e. The summed E-state index contributed by atoms with van der Waals surface area (Å²) in [6.45, 7) is 4.20. The minimum absolute atomic E-state index is 0.647. The zero-order valence-corrected chi connectivity index (χ0v) is 11.4. The predicted octanol–water partition coefficient (Wildman–Crippen LogP) is 4.44. The molecule has 1 saturated carbocycles. The molecule has 0 aliphatic heterocycles. The van der Waals surface area contributed by atoms with Crippen molar-refractivity contribution in [3.05, 3.63) is 34.3 Å². The van der Waals surface area contributed by atoms with Gasteiger partial charge in [0, 0.05) is 5.02 Å². The highest BCUT2D eigenvalue weighted by atomic mass is 35.5. The van der Waals surface area contributed by atoms with Gasteiger partial charge in [-0.15, -0.1) is 0 Å². The lowest BCUT2D eigenvalue weighted by atomic mass is 9.73. The maximum Gasteiger partial charge on any atom is 0.0899 e. The van der Waals surface area contributed by atoms with Crippen LogP contribution in [0.5, 0.6) is 0 Å². The molecule has 0 amide bonds. The number of hydrogen-bond acceptors (Lipinski definition) is 1. The molecule has 94 valence electrons. The van der Waals surface area contributed by atoms with E-state index >= 15 is 0 Å². The van der Waals surface area contributed by atoms with Crippen LogP contribution >= 0.6 is 11.6 Å². The molecule has 1 aromatic carbocycles. The number of hydrogen-bond donors (Lipinski definition) is 1. The molecule has 0 bridgehead atoms. The highest BCUT2D eigenvalue weighted by Gasteiger charge is 2.35. The minimum Gasteiger partial charge on any atom is -0.385 e. The van der Waals surface area contributed by atoms with E-state index in [-0.39, 0.29) is 0 Å². The molecule has 0 spiro atoms. The smallest absolute Gasteiger partial charge is 0.0899 e. The van der Waals surface area contributed by atoms with E-state index in [9.17, 15) is 5.11 Å². The van der Waals surface area contributed by atoms with Gasteiger partial charge in [-0.1, -0.05) is 43.5 Å². The fraction of sp³-hybridized carbons (Fsp3) is 0.600. The van der Waals surface area contributed by atoms with Gasteiger partial charge in [0.05, 0.1) is 5.60 Å². The quantitative estimate of drug-likeness (QED) is 0.825. The molecule has 17 heavy (non-hydrogen) atoms.